The highest BCUT2D eigenvalue weighted by Gasteiger charge is 2.23. The van der Waals surface area contributed by atoms with Gasteiger partial charge in [-0.2, -0.15) is 5.10 Å². The standard InChI is InChI=1S/C21H21N3O5/c1-15(17-8-5-9-18(14-17)24(27)28)29-21(26)11-10-20(25)23-13-12-19(22-23)16-6-3-2-4-7-16/h2-9,14-15H,10-13H2,1H3/t15-/m0/s1. The van der Waals surface area contributed by atoms with Gasteiger partial charge in [-0.3, -0.25) is 19.7 Å². The van der Waals surface area contributed by atoms with Crippen LogP contribution in [-0.2, 0) is 14.3 Å². The Morgan fingerprint density at radius 2 is 1.93 bits per heavy atom. The number of benzene rings is 2. The number of ether oxygens (including phenoxy) is 1. The van der Waals surface area contributed by atoms with Crippen LogP contribution in [0.3, 0.4) is 0 Å². The van der Waals surface area contributed by atoms with E-state index in [0.29, 0.717) is 18.5 Å². The third kappa shape index (κ3) is 5.25. The average Bonchev–Trinajstić information content (AvgIpc) is 3.23. The monoisotopic (exact) mass is 395 g/mol. The van der Waals surface area contributed by atoms with Gasteiger partial charge in [-0.15, -0.1) is 0 Å². The number of hydrogen-bond acceptors (Lipinski definition) is 6. The molecule has 0 aromatic heterocycles. The van der Waals surface area contributed by atoms with Crippen molar-refractivity contribution in [2.24, 2.45) is 5.10 Å². The topological polar surface area (TPSA) is 102 Å². The van der Waals surface area contributed by atoms with Crippen molar-refractivity contribution in [3.05, 3.63) is 75.8 Å². The number of nitro benzene ring substituents is 1. The second-order valence-electron chi connectivity index (χ2n) is 6.66. The van der Waals surface area contributed by atoms with E-state index in [1.165, 1.54) is 23.2 Å². The molecular weight excluding hydrogens is 374 g/mol. The third-order valence-corrected chi connectivity index (χ3v) is 4.60. The smallest absolute Gasteiger partial charge is 0.306 e. The second kappa shape index (κ2) is 9.09. The summed E-state index contributed by atoms with van der Waals surface area (Å²) in [6, 6.07) is 15.6. The van der Waals surface area contributed by atoms with Crippen LogP contribution in [0.25, 0.3) is 0 Å². The number of hydrazone groups is 1. The fourth-order valence-electron chi connectivity index (χ4n) is 3.02. The van der Waals surface area contributed by atoms with Crippen LogP contribution < -0.4 is 0 Å². The van der Waals surface area contributed by atoms with E-state index in [-0.39, 0.29) is 24.4 Å². The summed E-state index contributed by atoms with van der Waals surface area (Å²) in [6.45, 7) is 2.12. The lowest BCUT2D eigenvalue weighted by Crippen LogP contribution is -2.24. The molecule has 1 aliphatic heterocycles. The Labute approximate surface area is 167 Å². The van der Waals surface area contributed by atoms with Crippen molar-refractivity contribution in [1.29, 1.82) is 0 Å². The SMILES string of the molecule is C[C@H](OC(=O)CCC(=O)N1CCC(c2ccccc2)=N1)c1cccc([N+](=O)[O-])c1. The van der Waals surface area contributed by atoms with Gasteiger partial charge in [0.1, 0.15) is 6.10 Å². The fourth-order valence-corrected chi connectivity index (χ4v) is 3.02. The van der Waals surface area contributed by atoms with Crippen LogP contribution in [0.4, 0.5) is 5.69 Å². The molecule has 0 radical (unpaired) electrons. The minimum atomic E-state index is -0.646. The first-order valence-corrected chi connectivity index (χ1v) is 9.31. The van der Waals surface area contributed by atoms with E-state index in [1.807, 2.05) is 30.3 Å². The number of hydrogen-bond donors (Lipinski definition) is 0. The van der Waals surface area contributed by atoms with Crippen LogP contribution in [0.2, 0.25) is 0 Å². The molecule has 0 saturated heterocycles. The largest absolute Gasteiger partial charge is 0.458 e. The Bertz CT molecular complexity index is 942. The quantitative estimate of drug-likeness (QED) is 0.405. The summed E-state index contributed by atoms with van der Waals surface area (Å²) in [6.07, 6.45) is -0.0621. The molecule has 1 amide bonds. The molecule has 0 saturated carbocycles. The van der Waals surface area contributed by atoms with Gasteiger partial charge in [-0.25, -0.2) is 5.01 Å². The van der Waals surface area contributed by atoms with Gasteiger partial charge in [0.25, 0.3) is 5.69 Å². The maximum Gasteiger partial charge on any atom is 0.306 e. The molecule has 3 rings (SSSR count). The van der Waals surface area contributed by atoms with E-state index in [4.69, 9.17) is 4.74 Å². The zero-order valence-electron chi connectivity index (χ0n) is 16.0. The zero-order valence-corrected chi connectivity index (χ0v) is 16.0. The van der Waals surface area contributed by atoms with Crippen molar-refractivity contribution >= 4 is 23.3 Å². The van der Waals surface area contributed by atoms with E-state index in [2.05, 4.69) is 5.10 Å². The highest BCUT2D eigenvalue weighted by atomic mass is 16.6. The highest BCUT2D eigenvalue weighted by molar-refractivity contribution is 6.02. The summed E-state index contributed by atoms with van der Waals surface area (Å²) < 4.78 is 5.31. The Kier molecular flexibility index (Phi) is 6.33. The van der Waals surface area contributed by atoms with E-state index >= 15 is 0 Å². The van der Waals surface area contributed by atoms with Gasteiger partial charge in [0.2, 0.25) is 5.91 Å². The molecule has 8 heteroatoms. The van der Waals surface area contributed by atoms with Crippen LogP contribution >= 0.6 is 0 Å². The number of amides is 1. The number of non-ortho nitro benzene ring substituents is 1. The maximum atomic E-state index is 12.3. The first-order chi connectivity index (χ1) is 13.9. The normalized spacial score (nSPS) is 14.2. The number of nitro groups is 1. The first kappa shape index (κ1) is 20.2. The van der Waals surface area contributed by atoms with Crippen LogP contribution in [0.15, 0.2) is 59.7 Å². The molecule has 2 aromatic carbocycles. The van der Waals surface area contributed by atoms with E-state index in [9.17, 15) is 19.7 Å². The summed E-state index contributed by atoms with van der Waals surface area (Å²) in [4.78, 5) is 34.8. The Morgan fingerprint density at radius 1 is 1.17 bits per heavy atom. The minimum Gasteiger partial charge on any atom is -0.458 e. The lowest BCUT2D eigenvalue weighted by atomic mass is 10.1. The zero-order chi connectivity index (χ0) is 20.8. The molecule has 29 heavy (non-hydrogen) atoms. The van der Waals surface area contributed by atoms with Crippen molar-refractivity contribution in [1.82, 2.24) is 5.01 Å². The van der Waals surface area contributed by atoms with Crippen LogP contribution in [0, 0.1) is 10.1 Å². The van der Waals surface area contributed by atoms with Crippen molar-refractivity contribution in [2.45, 2.75) is 32.3 Å². The molecule has 1 atom stereocenters. The first-order valence-electron chi connectivity index (χ1n) is 9.31. The van der Waals surface area contributed by atoms with Crippen LogP contribution in [0.1, 0.15) is 43.4 Å². The van der Waals surface area contributed by atoms with Crippen molar-refractivity contribution in [3.63, 3.8) is 0 Å². The predicted molar refractivity (Wildman–Crippen MR) is 106 cm³/mol. The van der Waals surface area contributed by atoms with Gasteiger partial charge in [-0.1, -0.05) is 42.5 Å². The maximum absolute atomic E-state index is 12.3. The minimum absolute atomic E-state index is 0.00788. The molecule has 150 valence electrons. The highest BCUT2D eigenvalue weighted by Crippen LogP contribution is 2.22. The van der Waals surface area contributed by atoms with E-state index in [0.717, 1.165) is 11.3 Å². The van der Waals surface area contributed by atoms with Gasteiger partial charge in [-0.05, 0) is 18.1 Å². The number of esters is 1. The lowest BCUT2D eigenvalue weighted by Gasteiger charge is -2.14. The van der Waals surface area contributed by atoms with E-state index in [1.54, 1.807) is 13.0 Å². The average molecular weight is 395 g/mol. The molecule has 0 unspecified atom stereocenters. The Balaban J connectivity index is 1.50. The summed E-state index contributed by atoms with van der Waals surface area (Å²) in [5.74, 6) is -0.778. The summed E-state index contributed by atoms with van der Waals surface area (Å²) in [5.41, 5.74) is 2.28. The molecule has 1 heterocycles. The van der Waals surface area contributed by atoms with Crippen molar-refractivity contribution < 1.29 is 19.2 Å². The molecule has 0 N–H and O–H groups in total. The van der Waals surface area contributed by atoms with Crippen molar-refractivity contribution in [3.8, 4) is 0 Å². The Morgan fingerprint density at radius 3 is 2.66 bits per heavy atom. The van der Waals surface area contributed by atoms with Gasteiger partial charge < -0.3 is 4.74 Å². The molecule has 1 aliphatic rings. The summed E-state index contributed by atoms with van der Waals surface area (Å²) in [7, 11) is 0. The number of nitrogens with zero attached hydrogens (tertiary/aromatic N) is 3. The van der Waals surface area contributed by atoms with Crippen LogP contribution in [0.5, 0.6) is 0 Å². The summed E-state index contributed by atoms with van der Waals surface area (Å²) >= 11 is 0. The molecule has 0 fully saturated rings. The summed E-state index contributed by atoms with van der Waals surface area (Å²) in [5, 5.41) is 16.6. The second-order valence-corrected chi connectivity index (χ2v) is 6.66. The molecule has 0 bridgehead atoms. The van der Waals surface area contributed by atoms with Gasteiger partial charge in [0.15, 0.2) is 0 Å². The Hall–Kier alpha value is -3.55. The van der Waals surface area contributed by atoms with Gasteiger partial charge in [0, 0.05) is 25.0 Å². The third-order valence-electron chi connectivity index (χ3n) is 4.60. The number of rotatable bonds is 7. The molecule has 0 spiro atoms. The molecule has 8 nitrogen and oxygen atoms in total. The lowest BCUT2D eigenvalue weighted by molar-refractivity contribution is -0.385. The van der Waals surface area contributed by atoms with E-state index < -0.39 is 17.0 Å². The molecular formula is C21H21N3O5. The van der Waals surface area contributed by atoms with Crippen molar-refractivity contribution in [2.75, 3.05) is 6.54 Å². The van der Waals surface area contributed by atoms with Crippen LogP contribution in [-0.4, -0.2) is 34.1 Å². The fraction of sp³-hybridized carbons (Fsp3) is 0.286. The predicted octanol–water partition coefficient (Wildman–Crippen LogP) is 3.62. The van der Waals surface area contributed by atoms with Gasteiger partial charge >= 0.3 is 5.97 Å². The molecule has 2 aromatic rings. The number of carbonyl (C=O) groups excluding carboxylic acids is 2. The number of carbonyl (C=O) groups is 2. The molecule has 0 aliphatic carbocycles. The van der Waals surface area contributed by atoms with Gasteiger partial charge in [0.05, 0.1) is 23.6 Å².